The van der Waals surface area contributed by atoms with E-state index in [1.165, 1.54) is 16.7 Å². The molecule has 3 aromatic rings. The highest BCUT2D eigenvalue weighted by molar-refractivity contribution is 9.10. The van der Waals surface area contributed by atoms with Gasteiger partial charge in [0.1, 0.15) is 0 Å². The molecule has 0 spiro atoms. The molecule has 0 amide bonds. The second-order valence-corrected chi connectivity index (χ2v) is 7.40. The van der Waals surface area contributed by atoms with Crippen molar-refractivity contribution in [2.24, 2.45) is 0 Å². The van der Waals surface area contributed by atoms with E-state index in [0.717, 1.165) is 29.5 Å². The average Bonchev–Trinajstić information content (AvgIpc) is 2.69. The lowest BCUT2D eigenvalue weighted by Crippen LogP contribution is -2.34. The summed E-state index contributed by atoms with van der Waals surface area (Å²) in [7, 11) is 0. The largest absolute Gasteiger partial charge is 0.281 e. The minimum absolute atomic E-state index is 0.118. The number of rotatable bonds is 2. The molecule has 0 saturated carbocycles. The van der Waals surface area contributed by atoms with Crippen LogP contribution in [0.4, 0.5) is 0 Å². The molecule has 1 aliphatic heterocycles. The van der Waals surface area contributed by atoms with Gasteiger partial charge >= 0.3 is 0 Å². The van der Waals surface area contributed by atoms with Crippen molar-refractivity contribution < 1.29 is 0 Å². The summed E-state index contributed by atoms with van der Waals surface area (Å²) in [6.07, 6.45) is 1.07. The molecule has 0 bridgehead atoms. The Morgan fingerprint density at radius 3 is 2.46 bits per heavy atom. The van der Waals surface area contributed by atoms with Crippen LogP contribution in [-0.4, -0.2) is 11.4 Å². The summed E-state index contributed by atoms with van der Waals surface area (Å²) in [6.45, 7) is 1.91. The fourth-order valence-corrected chi connectivity index (χ4v) is 3.89. The van der Waals surface area contributed by atoms with Crippen molar-refractivity contribution in [3.8, 4) is 11.8 Å². The van der Waals surface area contributed by atoms with Gasteiger partial charge in [-0.1, -0.05) is 88.4 Å². The average molecular weight is 402 g/mol. The van der Waals surface area contributed by atoms with Crippen LogP contribution in [0.25, 0.3) is 0 Å². The Balaban J connectivity index is 1.69. The minimum Gasteiger partial charge on any atom is -0.281 e. The van der Waals surface area contributed by atoms with Gasteiger partial charge < -0.3 is 0 Å². The Bertz CT molecular complexity index is 952. The van der Waals surface area contributed by atoms with Crippen LogP contribution in [0.3, 0.4) is 0 Å². The molecule has 0 fully saturated rings. The van der Waals surface area contributed by atoms with Crippen LogP contribution in [0.1, 0.15) is 28.3 Å². The number of hydrogen-bond donors (Lipinski definition) is 0. The fourth-order valence-electron chi connectivity index (χ4n) is 3.48. The summed E-state index contributed by atoms with van der Waals surface area (Å²) in [4.78, 5) is 2.48. The highest BCUT2D eigenvalue weighted by Gasteiger charge is 2.26. The summed E-state index contributed by atoms with van der Waals surface area (Å²) in [5.41, 5.74) is 5.13. The van der Waals surface area contributed by atoms with Gasteiger partial charge in [-0.05, 0) is 41.3 Å². The van der Waals surface area contributed by atoms with Crippen LogP contribution >= 0.6 is 15.9 Å². The molecule has 4 rings (SSSR count). The van der Waals surface area contributed by atoms with E-state index in [-0.39, 0.29) is 6.04 Å². The van der Waals surface area contributed by atoms with Crippen molar-refractivity contribution in [3.63, 3.8) is 0 Å². The van der Waals surface area contributed by atoms with Crippen molar-refractivity contribution >= 4 is 15.9 Å². The Labute approximate surface area is 163 Å². The van der Waals surface area contributed by atoms with E-state index in [0.29, 0.717) is 0 Å². The lowest BCUT2D eigenvalue weighted by Gasteiger charge is -2.34. The molecule has 1 atom stereocenters. The van der Waals surface area contributed by atoms with Crippen LogP contribution in [-0.2, 0) is 13.0 Å². The fraction of sp³-hybridized carbons (Fsp3) is 0.167. The number of benzene rings is 3. The molecular weight excluding hydrogens is 382 g/mol. The Morgan fingerprint density at radius 2 is 1.62 bits per heavy atom. The molecule has 26 heavy (non-hydrogen) atoms. The summed E-state index contributed by atoms with van der Waals surface area (Å²) in [5, 5.41) is 0. The second kappa shape index (κ2) is 7.91. The maximum absolute atomic E-state index is 3.69. The first-order valence-electron chi connectivity index (χ1n) is 8.93. The quantitative estimate of drug-likeness (QED) is 0.505. The first-order valence-corrected chi connectivity index (χ1v) is 9.72. The summed E-state index contributed by atoms with van der Waals surface area (Å²) < 4.78 is 1.16. The molecular formula is C24H20BrN. The first-order chi connectivity index (χ1) is 12.8. The smallest absolute Gasteiger partial charge is 0.0980 e. The van der Waals surface area contributed by atoms with Crippen LogP contribution in [0.15, 0.2) is 83.3 Å². The molecule has 2 heteroatoms. The maximum Gasteiger partial charge on any atom is 0.0980 e. The zero-order valence-electron chi connectivity index (χ0n) is 14.5. The third-order valence-electron chi connectivity index (χ3n) is 4.84. The monoisotopic (exact) mass is 401 g/mol. The van der Waals surface area contributed by atoms with E-state index in [1.54, 1.807) is 0 Å². The van der Waals surface area contributed by atoms with Crippen molar-refractivity contribution in [2.75, 3.05) is 6.54 Å². The second-order valence-electron chi connectivity index (χ2n) is 6.55. The third-order valence-corrected chi connectivity index (χ3v) is 5.62. The van der Waals surface area contributed by atoms with Crippen LogP contribution in [0.2, 0.25) is 0 Å². The first kappa shape index (κ1) is 17.1. The zero-order chi connectivity index (χ0) is 17.8. The van der Waals surface area contributed by atoms with Crippen molar-refractivity contribution in [2.45, 2.75) is 19.0 Å². The number of fused-ring (bicyclic) bond motifs is 1. The Kier molecular flexibility index (Phi) is 5.20. The molecule has 1 nitrogen and oxygen atoms in total. The van der Waals surface area contributed by atoms with Crippen molar-refractivity contribution in [1.82, 2.24) is 4.90 Å². The van der Waals surface area contributed by atoms with Crippen LogP contribution in [0, 0.1) is 11.8 Å². The van der Waals surface area contributed by atoms with Gasteiger partial charge in [0.2, 0.25) is 0 Å². The van der Waals surface area contributed by atoms with Crippen LogP contribution in [0.5, 0.6) is 0 Å². The van der Waals surface area contributed by atoms with Gasteiger partial charge in [0.15, 0.2) is 0 Å². The highest BCUT2D eigenvalue weighted by atomic mass is 79.9. The van der Waals surface area contributed by atoms with Gasteiger partial charge in [-0.2, -0.15) is 0 Å². The summed E-state index contributed by atoms with van der Waals surface area (Å²) >= 11 is 3.69. The van der Waals surface area contributed by atoms with Gasteiger partial charge in [0.05, 0.1) is 6.04 Å². The zero-order valence-corrected chi connectivity index (χ0v) is 16.1. The van der Waals surface area contributed by atoms with E-state index in [1.807, 2.05) is 18.2 Å². The molecule has 0 radical (unpaired) electrons. The predicted molar refractivity (Wildman–Crippen MR) is 111 cm³/mol. The molecule has 1 aliphatic rings. The molecule has 0 aromatic heterocycles. The van der Waals surface area contributed by atoms with E-state index in [4.69, 9.17) is 0 Å². The van der Waals surface area contributed by atoms with Gasteiger partial charge in [0, 0.05) is 23.1 Å². The Morgan fingerprint density at radius 1 is 0.885 bits per heavy atom. The number of nitrogens with zero attached hydrogens (tertiary/aromatic N) is 1. The SMILES string of the molecule is Brc1ccccc1CN1CCc2ccccc2[C@@H]1C#Cc1ccccc1. The molecule has 128 valence electrons. The summed E-state index contributed by atoms with van der Waals surface area (Å²) in [5.74, 6) is 6.93. The summed E-state index contributed by atoms with van der Waals surface area (Å²) in [6, 6.07) is 27.5. The van der Waals surface area contributed by atoms with Crippen LogP contribution < -0.4 is 0 Å². The standard InChI is InChI=1S/C24H20BrN/c25-23-13-7-5-11-21(23)18-26-17-16-20-10-4-6-12-22(20)24(26)15-14-19-8-2-1-3-9-19/h1-13,24H,16-18H2/t24-/m0/s1. The molecule has 3 aromatic carbocycles. The van der Waals surface area contributed by atoms with E-state index in [9.17, 15) is 0 Å². The molecule has 1 heterocycles. The Hall–Kier alpha value is -2.34. The lowest BCUT2D eigenvalue weighted by atomic mass is 9.92. The lowest BCUT2D eigenvalue weighted by molar-refractivity contribution is 0.216. The third kappa shape index (κ3) is 3.75. The van der Waals surface area contributed by atoms with E-state index in [2.05, 4.69) is 93.3 Å². The number of hydrogen-bond acceptors (Lipinski definition) is 1. The van der Waals surface area contributed by atoms with Gasteiger partial charge in [-0.15, -0.1) is 0 Å². The molecule has 0 N–H and O–H groups in total. The maximum atomic E-state index is 3.69. The predicted octanol–water partition coefficient (Wildman–Crippen LogP) is 5.60. The van der Waals surface area contributed by atoms with Gasteiger partial charge in [0.25, 0.3) is 0 Å². The normalized spacial score (nSPS) is 16.4. The van der Waals surface area contributed by atoms with Crippen molar-refractivity contribution in [1.29, 1.82) is 0 Å². The van der Waals surface area contributed by atoms with Crippen molar-refractivity contribution in [3.05, 3.63) is 106 Å². The topological polar surface area (TPSA) is 3.24 Å². The van der Waals surface area contributed by atoms with E-state index >= 15 is 0 Å². The highest BCUT2D eigenvalue weighted by Crippen LogP contribution is 2.31. The van der Waals surface area contributed by atoms with E-state index < -0.39 is 0 Å². The molecule has 0 aliphatic carbocycles. The molecule has 0 unspecified atom stereocenters. The van der Waals surface area contributed by atoms with Gasteiger partial charge in [-0.3, -0.25) is 4.90 Å². The van der Waals surface area contributed by atoms with Gasteiger partial charge in [-0.25, -0.2) is 0 Å². The number of halogens is 1. The molecule has 0 saturated heterocycles. The minimum atomic E-state index is 0.118.